The molecule has 1 heterocycles. The molecule has 106 valence electrons. The van der Waals surface area contributed by atoms with E-state index in [2.05, 4.69) is 22.9 Å². The average Bonchev–Trinajstić information content (AvgIpc) is 2.41. The average molecular weight is 365 g/mol. The molecule has 1 saturated heterocycles. The molecule has 3 unspecified atom stereocenters. The first kappa shape index (κ1) is 15.7. The lowest BCUT2D eigenvalue weighted by molar-refractivity contribution is 0.169. The van der Waals surface area contributed by atoms with Crippen molar-refractivity contribution in [2.45, 2.75) is 36.4 Å². The van der Waals surface area contributed by atoms with Gasteiger partial charge in [-0.3, -0.25) is 0 Å². The van der Waals surface area contributed by atoms with E-state index in [4.69, 9.17) is 0 Å². The van der Waals surface area contributed by atoms with Crippen LogP contribution in [0.15, 0.2) is 22.7 Å². The van der Waals surface area contributed by atoms with Crippen molar-refractivity contribution in [3.63, 3.8) is 0 Å². The third-order valence-electron chi connectivity index (χ3n) is 3.32. The fourth-order valence-corrected chi connectivity index (χ4v) is 5.98. The Balaban J connectivity index is 2.04. The second kappa shape index (κ2) is 7.34. The third kappa shape index (κ3) is 4.13. The zero-order valence-electron chi connectivity index (χ0n) is 10.8. The second-order valence-corrected chi connectivity index (χ2v) is 8.15. The highest BCUT2D eigenvalue weighted by atomic mass is 79.9. The summed E-state index contributed by atoms with van der Waals surface area (Å²) in [4.78, 5) is 0. The van der Waals surface area contributed by atoms with Crippen LogP contribution in [0.3, 0.4) is 0 Å². The topological polar surface area (TPSA) is 20.2 Å². The van der Waals surface area contributed by atoms with E-state index in [9.17, 15) is 9.50 Å². The molecule has 1 aliphatic heterocycles. The molecule has 0 amide bonds. The number of hydrogen-bond acceptors (Lipinski definition) is 3. The first-order valence-corrected chi connectivity index (χ1v) is 9.36. The first-order valence-electron chi connectivity index (χ1n) is 6.47. The summed E-state index contributed by atoms with van der Waals surface area (Å²) in [5.74, 6) is 2.03. The standard InChI is InChI=1S/C14H18BrFOS2/c1-2-13-14(19-6-5-18-13)12(17)7-9-3-4-10(16)8-11(9)15/h3-4,8,12-14,17H,2,5-7H2,1H3. The number of halogens is 2. The van der Waals surface area contributed by atoms with Crippen LogP contribution in [0.4, 0.5) is 4.39 Å². The molecule has 0 spiro atoms. The predicted molar refractivity (Wildman–Crippen MR) is 86.6 cm³/mol. The van der Waals surface area contributed by atoms with Crippen molar-refractivity contribution < 1.29 is 9.50 Å². The molecule has 1 aromatic carbocycles. The van der Waals surface area contributed by atoms with E-state index in [0.29, 0.717) is 11.7 Å². The molecule has 0 radical (unpaired) electrons. The van der Waals surface area contributed by atoms with Gasteiger partial charge in [0.2, 0.25) is 0 Å². The summed E-state index contributed by atoms with van der Waals surface area (Å²) in [6.07, 6.45) is 1.30. The van der Waals surface area contributed by atoms with Crippen LogP contribution in [-0.2, 0) is 6.42 Å². The summed E-state index contributed by atoms with van der Waals surface area (Å²) in [6, 6.07) is 4.67. The molecule has 0 aromatic heterocycles. The molecule has 1 nitrogen and oxygen atoms in total. The van der Waals surface area contributed by atoms with Gasteiger partial charge in [-0.1, -0.05) is 28.9 Å². The monoisotopic (exact) mass is 364 g/mol. The van der Waals surface area contributed by atoms with Gasteiger partial charge >= 0.3 is 0 Å². The number of thioether (sulfide) groups is 2. The molecule has 19 heavy (non-hydrogen) atoms. The zero-order chi connectivity index (χ0) is 13.8. The van der Waals surface area contributed by atoms with Crippen LogP contribution in [0.2, 0.25) is 0 Å². The van der Waals surface area contributed by atoms with Crippen molar-refractivity contribution in [3.05, 3.63) is 34.1 Å². The largest absolute Gasteiger partial charge is 0.392 e. The Morgan fingerprint density at radius 3 is 2.84 bits per heavy atom. The fourth-order valence-electron chi connectivity index (χ4n) is 2.32. The third-order valence-corrected chi connectivity index (χ3v) is 7.45. The minimum atomic E-state index is -0.371. The van der Waals surface area contributed by atoms with Crippen molar-refractivity contribution in [1.82, 2.24) is 0 Å². The molecule has 3 atom stereocenters. The van der Waals surface area contributed by atoms with Crippen molar-refractivity contribution >= 4 is 39.5 Å². The molecule has 2 rings (SSSR count). The Morgan fingerprint density at radius 1 is 1.42 bits per heavy atom. The number of aliphatic hydroxyl groups is 1. The quantitative estimate of drug-likeness (QED) is 0.867. The highest BCUT2D eigenvalue weighted by Gasteiger charge is 2.31. The Kier molecular flexibility index (Phi) is 6.06. The fraction of sp³-hybridized carbons (Fsp3) is 0.571. The van der Waals surface area contributed by atoms with Gasteiger partial charge in [0.15, 0.2) is 0 Å². The van der Waals surface area contributed by atoms with Gasteiger partial charge in [0.1, 0.15) is 5.82 Å². The molecule has 0 saturated carbocycles. The van der Waals surface area contributed by atoms with E-state index in [0.717, 1.165) is 22.2 Å². The van der Waals surface area contributed by atoms with Crippen LogP contribution in [-0.4, -0.2) is 33.2 Å². The lowest BCUT2D eigenvalue weighted by atomic mass is 10.0. The molecule has 5 heteroatoms. The lowest BCUT2D eigenvalue weighted by Crippen LogP contribution is -2.37. The van der Waals surface area contributed by atoms with Gasteiger partial charge in [0.25, 0.3) is 0 Å². The van der Waals surface area contributed by atoms with Crippen molar-refractivity contribution in [2.24, 2.45) is 0 Å². The van der Waals surface area contributed by atoms with E-state index in [1.54, 1.807) is 6.07 Å². The highest BCUT2D eigenvalue weighted by molar-refractivity contribution is 9.10. The predicted octanol–water partition coefficient (Wildman–Crippen LogP) is 4.12. The maximum atomic E-state index is 13.1. The van der Waals surface area contributed by atoms with E-state index in [1.165, 1.54) is 17.9 Å². The summed E-state index contributed by atoms with van der Waals surface area (Å²) in [5, 5.41) is 11.3. The number of hydrogen-bond donors (Lipinski definition) is 1. The van der Waals surface area contributed by atoms with Crippen LogP contribution < -0.4 is 0 Å². The number of aliphatic hydroxyl groups excluding tert-OH is 1. The highest BCUT2D eigenvalue weighted by Crippen LogP contribution is 2.36. The Morgan fingerprint density at radius 2 is 2.16 bits per heavy atom. The summed E-state index contributed by atoms with van der Waals surface area (Å²) < 4.78 is 13.8. The molecular formula is C14H18BrFOS2. The Hall–Kier alpha value is 0.290. The summed E-state index contributed by atoms with van der Waals surface area (Å²) >= 11 is 7.20. The smallest absolute Gasteiger partial charge is 0.124 e. The van der Waals surface area contributed by atoms with Gasteiger partial charge in [0.05, 0.1) is 6.10 Å². The van der Waals surface area contributed by atoms with Gasteiger partial charge in [-0.05, 0) is 24.1 Å². The van der Waals surface area contributed by atoms with Crippen molar-refractivity contribution in [1.29, 1.82) is 0 Å². The zero-order valence-corrected chi connectivity index (χ0v) is 14.0. The van der Waals surface area contributed by atoms with Gasteiger partial charge < -0.3 is 5.11 Å². The molecule has 1 aliphatic rings. The number of benzene rings is 1. The van der Waals surface area contributed by atoms with Crippen LogP contribution in [0.25, 0.3) is 0 Å². The normalized spacial score (nSPS) is 25.3. The van der Waals surface area contributed by atoms with E-state index in [1.807, 2.05) is 23.5 Å². The van der Waals surface area contributed by atoms with Gasteiger partial charge in [-0.15, -0.1) is 0 Å². The van der Waals surface area contributed by atoms with Gasteiger partial charge in [-0.2, -0.15) is 23.5 Å². The molecule has 1 aromatic rings. The molecule has 1 N–H and O–H groups in total. The van der Waals surface area contributed by atoms with E-state index in [-0.39, 0.29) is 17.2 Å². The van der Waals surface area contributed by atoms with Gasteiger partial charge in [0, 0.05) is 32.9 Å². The van der Waals surface area contributed by atoms with Gasteiger partial charge in [-0.25, -0.2) is 4.39 Å². The second-order valence-electron chi connectivity index (χ2n) is 4.66. The Labute approximate surface area is 130 Å². The molecular weight excluding hydrogens is 347 g/mol. The summed E-state index contributed by atoms with van der Waals surface area (Å²) in [5.41, 5.74) is 0.972. The van der Waals surface area contributed by atoms with Crippen molar-refractivity contribution in [2.75, 3.05) is 11.5 Å². The van der Waals surface area contributed by atoms with E-state index >= 15 is 0 Å². The maximum Gasteiger partial charge on any atom is 0.124 e. The first-order chi connectivity index (χ1) is 9.11. The lowest BCUT2D eigenvalue weighted by Gasteiger charge is -2.33. The minimum absolute atomic E-state index is 0.251. The van der Waals surface area contributed by atoms with Crippen LogP contribution in [0.5, 0.6) is 0 Å². The van der Waals surface area contributed by atoms with Crippen LogP contribution in [0, 0.1) is 5.82 Å². The Bertz CT molecular complexity index is 430. The summed E-state index contributed by atoms with van der Waals surface area (Å²) in [7, 11) is 0. The minimum Gasteiger partial charge on any atom is -0.392 e. The SMILES string of the molecule is CCC1SCCSC1C(O)Cc1ccc(F)cc1Br. The van der Waals surface area contributed by atoms with E-state index < -0.39 is 0 Å². The van der Waals surface area contributed by atoms with Crippen LogP contribution in [0.1, 0.15) is 18.9 Å². The molecule has 1 fully saturated rings. The van der Waals surface area contributed by atoms with Crippen molar-refractivity contribution in [3.8, 4) is 0 Å². The molecule has 0 aliphatic carbocycles. The maximum absolute atomic E-state index is 13.1. The summed E-state index contributed by atoms with van der Waals surface area (Å²) in [6.45, 7) is 2.18. The number of rotatable bonds is 4. The van der Waals surface area contributed by atoms with Crippen LogP contribution >= 0.6 is 39.5 Å². The molecule has 0 bridgehead atoms.